The smallest absolute Gasteiger partial charge is 0.298 e. The molecule has 3 aliphatic rings. The van der Waals surface area contributed by atoms with Crippen molar-refractivity contribution in [3.05, 3.63) is 23.8 Å². The van der Waals surface area contributed by atoms with Crippen LogP contribution in [0.2, 0.25) is 0 Å². The molecule has 2 bridgehead atoms. The van der Waals surface area contributed by atoms with E-state index in [1.165, 1.54) is 19.3 Å². The van der Waals surface area contributed by atoms with Gasteiger partial charge in [0.25, 0.3) is 11.9 Å². The number of piperidine rings is 2. The van der Waals surface area contributed by atoms with Crippen LogP contribution in [0.3, 0.4) is 0 Å². The summed E-state index contributed by atoms with van der Waals surface area (Å²) in [4.78, 5) is 22.6. The number of para-hydroxylation sites is 1. The van der Waals surface area contributed by atoms with Crippen molar-refractivity contribution < 1.29 is 9.21 Å². The molecule has 3 aliphatic heterocycles. The SMILES string of the molecule is C[C@H]1CNCCN1c1nc2c(C(=O)NC3CC4CCCC(C3)N4C)cccc2o1. The van der Waals surface area contributed by atoms with Crippen LogP contribution in [0.5, 0.6) is 0 Å². The fourth-order valence-electron chi connectivity index (χ4n) is 5.36. The number of anilines is 1. The number of carbonyl (C=O) groups is 1. The summed E-state index contributed by atoms with van der Waals surface area (Å²) in [5, 5.41) is 6.69. The van der Waals surface area contributed by atoms with E-state index >= 15 is 0 Å². The number of hydrogen-bond acceptors (Lipinski definition) is 6. The molecule has 5 rings (SSSR count). The van der Waals surface area contributed by atoms with Crippen LogP contribution in [0.4, 0.5) is 6.01 Å². The Morgan fingerprint density at radius 3 is 2.83 bits per heavy atom. The highest BCUT2D eigenvalue weighted by molar-refractivity contribution is 6.04. The summed E-state index contributed by atoms with van der Waals surface area (Å²) in [6.45, 7) is 4.83. The van der Waals surface area contributed by atoms with Crippen LogP contribution in [0.1, 0.15) is 49.4 Å². The minimum atomic E-state index is -0.0311. The molecule has 2 N–H and O–H groups in total. The summed E-state index contributed by atoms with van der Waals surface area (Å²) in [6.07, 6.45) is 5.87. The number of fused-ring (bicyclic) bond motifs is 3. The molecule has 156 valence electrons. The third-order valence-electron chi connectivity index (χ3n) is 7.07. The van der Waals surface area contributed by atoms with Crippen molar-refractivity contribution in [3.63, 3.8) is 0 Å². The molecular weight excluding hydrogens is 366 g/mol. The Morgan fingerprint density at radius 2 is 2.07 bits per heavy atom. The number of nitrogens with one attached hydrogen (secondary N) is 2. The molecule has 0 aliphatic carbocycles. The van der Waals surface area contributed by atoms with E-state index in [0.717, 1.165) is 32.5 Å². The van der Waals surface area contributed by atoms with Crippen LogP contribution >= 0.6 is 0 Å². The number of hydrogen-bond donors (Lipinski definition) is 2. The van der Waals surface area contributed by atoms with Crippen LogP contribution in [0, 0.1) is 0 Å². The molecule has 4 heterocycles. The number of benzene rings is 1. The molecule has 29 heavy (non-hydrogen) atoms. The summed E-state index contributed by atoms with van der Waals surface area (Å²) in [5.74, 6) is -0.0311. The topological polar surface area (TPSA) is 73.6 Å². The summed E-state index contributed by atoms with van der Waals surface area (Å²) in [6, 6.07) is 8.00. The molecule has 7 heteroatoms. The lowest BCUT2D eigenvalue weighted by molar-refractivity contribution is 0.0463. The molecule has 0 spiro atoms. The van der Waals surface area contributed by atoms with Crippen LogP contribution in [0.25, 0.3) is 11.1 Å². The lowest BCUT2D eigenvalue weighted by atomic mass is 9.82. The van der Waals surface area contributed by atoms with Gasteiger partial charge in [0.05, 0.1) is 5.56 Å². The molecule has 2 unspecified atom stereocenters. The number of piperazine rings is 1. The molecule has 3 saturated heterocycles. The second kappa shape index (κ2) is 7.61. The average Bonchev–Trinajstić information content (AvgIpc) is 3.13. The van der Waals surface area contributed by atoms with Crippen molar-refractivity contribution >= 4 is 23.0 Å². The third kappa shape index (κ3) is 3.51. The van der Waals surface area contributed by atoms with Gasteiger partial charge in [0.1, 0.15) is 5.52 Å². The number of carbonyl (C=O) groups excluding carboxylic acids is 1. The van der Waals surface area contributed by atoms with Gasteiger partial charge in [0.15, 0.2) is 5.58 Å². The molecular formula is C22H31N5O2. The lowest BCUT2D eigenvalue weighted by Crippen LogP contribution is -2.55. The van der Waals surface area contributed by atoms with E-state index in [0.29, 0.717) is 40.8 Å². The van der Waals surface area contributed by atoms with Crippen molar-refractivity contribution in [2.24, 2.45) is 0 Å². The van der Waals surface area contributed by atoms with Gasteiger partial charge in [-0.25, -0.2) is 0 Å². The Hall–Kier alpha value is -2.12. The Kier molecular flexibility index (Phi) is 4.95. The van der Waals surface area contributed by atoms with E-state index in [1.807, 2.05) is 18.2 Å². The molecule has 3 atom stereocenters. The monoisotopic (exact) mass is 397 g/mol. The average molecular weight is 398 g/mol. The van der Waals surface area contributed by atoms with E-state index in [2.05, 4.69) is 34.4 Å². The highest BCUT2D eigenvalue weighted by atomic mass is 16.4. The molecule has 1 aromatic carbocycles. The van der Waals surface area contributed by atoms with Gasteiger partial charge < -0.3 is 24.9 Å². The minimum Gasteiger partial charge on any atom is -0.423 e. The summed E-state index contributed by atoms with van der Waals surface area (Å²) < 4.78 is 6.03. The van der Waals surface area contributed by atoms with Gasteiger partial charge in [-0.2, -0.15) is 4.98 Å². The number of aromatic nitrogens is 1. The van der Waals surface area contributed by atoms with Crippen molar-refractivity contribution in [3.8, 4) is 0 Å². The molecule has 3 fully saturated rings. The van der Waals surface area contributed by atoms with Gasteiger partial charge in [0.2, 0.25) is 0 Å². The molecule has 1 aromatic heterocycles. The van der Waals surface area contributed by atoms with Gasteiger partial charge in [-0.15, -0.1) is 0 Å². The first-order valence-electron chi connectivity index (χ1n) is 11.0. The third-order valence-corrected chi connectivity index (χ3v) is 7.07. The Bertz CT molecular complexity index is 882. The van der Waals surface area contributed by atoms with Gasteiger partial charge in [0, 0.05) is 43.8 Å². The van der Waals surface area contributed by atoms with E-state index in [1.54, 1.807) is 0 Å². The van der Waals surface area contributed by atoms with Crippen LogP contribution in [0.15, 0.2) is 22.6 Å². The molecule has 2 aromatic rings. The summed E-state index contributed by atoms with van der Waals surface area (Å²) >= 11 is 0. The van der Waals surface area contributed by atoms with Crippen molar-refractivity contribution in [1.29, 1.82) is 0 Å². The Labute approximate surface area is 171 Å². The maximum absolute atomic E-state index is 13.1. The second-order valence-corrected chi connectivity index (χ2v) is 8.94. The molecule has 1 amide bonds. The number of nitrogens with zero attached hydrogens (tertiary/aromatic N) is 3. The first kappa shape index (κ1) is 18.9. The largest absolute Gasteiger partial charge is 0.423 e. The predicted octanol–water partition coefficient (Wildman–Crippen LogP) is 2.37. The van der Waals surface area contributed by atoms with E-state index < -0.39 is 0 Å². The maximum atomic E-state index is 13.1. The molecule has 0 radical (unpaired) electrons. The Morgan fingerprint density at radius 1 is 1.28 bits per heavy atom. The summed E-state index contributed by atoms with van der Waals surface area (Å²) in [7, 11) is 2.24. The Balaban J connectivity index is 1.36. The second-order valence-electron chi connectivity index (χ2n) is 8.94. The van der Waals surface area contributed by atoms with Gasteiger partial charge in [-0.05, 0) is 51.8 Å². The highest BCUT2D eigenvalue weighted by Crippen LogP contribution is 2.33. The van der Waals surface area contributed by atoms with Crippen LogP contribution in [-0.2, 0) is 0 Å². The fourth-order valence-corrected chi connectivity index (χ4v) is 5.36. The molecule has 0 saturated carbocycles. The maximum Gasteiger partial charge on any atom is 0.298 e. The minimum absolute atomic E-state index is 0.0311. The van der Waals surface area contributed by atoms with Crippen LogP contribution < -0.4 is 15.5 Å². The highest BCUT2D eigenvalue weighted by Gasteiger charge is 2.36. The zero-order valence-electron chi connectivity index (χ0n) is 17.4. The first-order valence-corrected chi connectivity index (χ1v) is 11.0. The standard InChI is InChI=1S/C22H31N5O2/c1-14-13-23-9-10-27(14)22-25-20-18(7-4-8-19(20)29-22)21(28)24-15-11-16-5-3-6-17(12-15)26(16)2/h4,7-8,14-17,23H,3,5-6,9-13H2,1-2H3,(H,24,28)/t14-,15?,16?,17?/m0/s1. The number of oxazole rings is 1. The predicted molar refractivity (Wildman–Crippen MR) is 113 cm³/mol. The van der Waals surface area contributed by atoms with E-state index in [-0.39, 0.29) is 11.9 Å². The van der Waals surface area contributed by atoms with Crippen molar-refractivity contribution in [2.45, 2.75) is 63.2 Å². The lowest BCUT2D eigenvalue weighted by Gasteiger charge is -2.47. The fraction of sp³-hybridized carbons (Fsp3) is 0.636. The molecule has 7 nitrogen and oxygen atoms in total. The number of rotatable bonds is 3. The summed E-state index contributed by atoms with van der Waals surface area (Å²) in [5.41, 5.74) is 1.96. The normalized spacial score (nSPS) is 30.5. The number of amides is 1. The zero-order chi connectivity index (χ0) is 20.0. The van der Waals surface area contributed by atoms with Gasteiger partial charge in [-0.3, -0.25) is 4.79 Å². The zero-order valence-corrected chi connectivity index (χ0v) is 17.4. The quantitative estimate of drug-likeness (QED) is 0.828. The van der Waals surface area contributed by atoms with Crippen LogP contribution in [-0.4, -0.2) is 66.6 Å². The first-order chi connectivity index (χ1) is 14.1. The van der Waals surface area contributed by atoms with Crippen molar-refractivity contribution in [1.82, 2.24) is 20.5 Å². The van der Waals surface area contributed by atoms with E-state index in [4.69, 9.17) is 9.40 Å². The van der Waals surface area contributed by atoms with Gasteiger partial charge >= 0.3 is 0 Å². The van der Waals surface area contributed by atoms with Crippen molar-refractivity contribution in [2.75, 3.05) is 31.6 Å². The van der Waals surface area contributed by atoms with Gasteiger partial charge in [-0.1, -0.05) is 12.5 Å². The van der Waals surface area contributed by atoms with E-state index in [9.17, 15) is 4.79 Å².